The van der Waals surface area contributed by atoms with E-state index in [1.807, 2.05) is 23.6 Å². The fourth-order valence-electron chi connectivity index (χ4n) is 1.01. The first kappa shape index (κ1) is 7.31. The van der Waals surface area contributed by atoms with Crippen molar-refractivity contribution in [3.05, 3.63) is 34.6 Å². The molecule has 1 aromatic heterocycles. The van der Waals surface area contributed by atoms with E-state index in [1.54, 1.807) is 17.4 Å². The van der Waals surface area contributed by atoms with Crippen LogP contribution in [0.1, 0.15) is 4.88 Å². The Kier molecular flexibility index (Phi) is 1.80. The molecule has 2 heterocycles. The Hall–Kier alpha value is -1.35. The minimum Gasteiger partial charge on any atom is -0.321 e. The predicted octanol–water partition coefficient (Wildman–Crippen LogP) is 2.27. The van der Waals surface area contributed by atoms with Gasteiger partial charge >= 0.3 is 0 Å². The maximum atomic E-state index is 11.1. The summed E-state index contributed by atoms with van der Waals surface area (Å²) in [5, 5.41) is 4.73. The van der Waals surface area contributed by atoms with Crippen LogP contribution >= 0.6 is 11.3 Å². The van der Waals surface area contributed by atoms with Gasteiger partial charge in [-0.05, 0) is 17.5 Å². The summed E-state index contributed by atoms with van der Waals surface area (Å²) >= 11 is 1.61. The number of allylic oxidation sites excluding steroid dienone is 2. The maximum Gasteiger partial charge on any atom is 0.248 e. The average molecular weight is 177 g/mol. The van der Waals surface area contributed by atoms with E-state index in [2.05, 4.69) is 5.32 Å². The van der Waals surface area contributed by atoms with Crippen LogP contribution in [-0.2, 0) is 4.79 Å². The number of hydrogen-bond donors (Lipinski definition) is 1. The molecule has 1 N–H and O–H groups in total. The molecule has 12 heavy (non-hydrogen) atoms. The third-order valence-corrected chi connectivity index (χ3v) is 2.44. The summed E-state index contributed by atoms with van der Waals surface area (Å²) in [6.45, 7) is 0. The molecule has 3 heteroatoms. The molecule has 0 atom stereocenters. The summed E-state index contributed by atoms with van der Waals surface area (Å²) in [5.41, 5.74) is 0.894. The second-order valence-electron chi connectivity index (χ2n) is 2.41. The molecule has 2 nitrogen and oxygen atoms in total. The highest BCUT2D eigenvalue weighted by Gasteiger charge is 2.04. The Morgan fingerprint density at radius 2 is 2.08 bits per heavy atom. The molecule has 1 aliphatic heterocycles. The molecule has 0 fully saturated rings. The number of rotatable bonds is 0. The fraction of sp³-hybridized carbons (Fsp3) is 0. The average Bonchev–Trinajstić information content (AvgIpc) is 2.42. The SMILES string of the molecule is O=C1/C=C\C=C/c2sccc2N1. The molecule has 0 bridgehead atoms. The van der Waals surface area contributed by atoms with Crippen LogP contribution in [0, 0.1) is 0 Å². The Bertz CT molecular complexity index is 362. The molecule has 1 aromatic rings. The van der Waals surface area contributed by atoms with Gasteiger partial charge in [0, 0.05) is 6.08 Å². The van der Waals surface area contributed by atoms with Crippen molar-refractivity contribution in [1.82, 2.24) is 0 Å². The fourth-order valence-corrected chi connectivity index (χ4v) is 1.77. The lowest BCUT2D eigenvalue weighted by Gasteiger charge is -2.01. The number of carbonyl (C=O) groups is 1. The summed E-state index contributed by atoms with van der Waals surface area (Å²) < 4.78 is 0. The summed E-state index contributed by atoms with van der Waals surface area (Å²) in [6.07, 6.45) is 7.10. The van der Waals surface area contributed by atoms with Gasteiger partial charge in [0.25, 0.3) is 0 Å². The molecule has 1 aliphatic rings. The summed E-state index contributed by atoms with van der Waals surface area (Å²) in [4.78, 5) is 12.2. The molecule has 0 aliphatic carbocycles. The quantitative estimate of drug-likeness (QED) is 0.647. The largest absolute Gasteiger partial charge is 0.321 e. The van der Waals surface area contributed by atoms with E-state index in [0.29, 0.717) is 0 Å². The van der Waals surface area contributed by atoms with E-state index in [-0.39, 0.29) is 5.91 Å². The third-order valence-electron chi connectivity index (χ3n) is 1.56. The van der Waals surface area contributed by atoms with Crippen LogP contribution in [0.15, 0.2) is 29.7 Å². The molecule has 0 saturated carbocycles. The third kappa shape index (κ3) is 1.31. The van der Waals surface area contributed by atoms with Gasteiger partial charge in [0.1, 0.15) is 0 Å². The molecule has 0 saturated heterocycles. The van der Waals surface area contributed by atoms with Gasteiger partial charge in [0.05, 0.1) is 10.6 Å². The van der Waals surface area contributed by atoms with Gasteiger partial charge in [-0.2, -0.15) is 0 Å². The predicted molar refractivity (Wildman–Crippen MR) is 51.1 cm³/mol. The van der Waals surface area contributed by atoms with Crippen molar-refractivity contribution < 1.29 is 4.79 Å². The van der Waals surface area contributed by atoms with Crippen molar-refractivity contribution in [2.45, 2.75) is 0 Å². The van der Waals surface area contributed by atoms with E-state index >= 15 is 0 Å². The van der Waals surface area contributed by atoms with Crippen molar-refractivity contribution in [3.63, 3.8) is 0 Å². The molecule has 0 unspecified atom stereocenters. The number of amides is 1. The van der Waals surface area contributed by atoms with Crippen LogP contribution in [0.2, 0.25) is 0 Å². The van der Waals surface area contributed by atoms with Gasteiger partial charge in [-0.25, -0.2) is 0 Å². The van der Waals surface area contributed by atoms with Crippen LogP contribution < -0.4 is 5.32 Å². The first-order valence-corrected chi connectivity index (χ1v) is 4.47. The van der Waals surface area contributed by atoms with Gasteiger partial charge in [0.2, 0.25) is 5.91 Å². The van der Waals surface area contributed by atoms with E-state index in [0.717, 1.165) is 10.6 Å². The van der Waals surface area contributed by atoms with Gasteiger partial charge in [-0.1, -0.05) is 12.2 Å². The zero-order valence-corrected chi connectivity index (χ0v) is 7.10. The summed E-state index contributed by atoms with van der Waals surface area (Å²) in [5.74, 6) is -0.0704. The molecule has 0 aromatic carbocycles. The van der Waals surface area contributed by atoms with Crippen molar-refractivity contribution in [3.8, 4) is 0 Å². The van der Waals surface area contributed by atoms with Crippen LogP contribution in [0.3, 0.4) is 0 Å². The molecule has 1 amide bonds. The highest BCUT2D eigenvalue weighted by atomic mass is 32.1. The second-order valence-corrected chi connectivity index (χ2v) is 3.35. The highest BCUT2D eigenvalue weighted by Crippen LogP contribution is 2.24. The Labute approximate surface area is 74.2 Å². The molecule has 60 valence electrons. The number of anilines is 1. The van der Waals surface area contributed by atoms with Crippen molar-refractivity contribution in [2.75, 3.05) is 5.32 Å². The normalized spacial score (nSPS) is 20.2. The Morgan fingerprint density at radius 1 is 1.25 bits per heavy atom. The van der Waals surface area contributed by atoms with Gasteiger partial charge in [-0.15, -0.1) is 11.3 Å². The number of hydrogen-bond acceptors (Lipinski definition) is 2. The van der Waals surface area contributed by atoms with E-state index < -0.39 is 0 Å². The highest BCUT2D eigenvalue weighted by molar-refractivity contribution is 7.11. The van der Waals surface area contributed by atoms with E-state index in [9.17, 15) is 4.79 Å². The number of nitrogens with one attached hydrogen (secondary N) is 1. The minimum atomic E-state index is -0.0704. The lowest BCUT2D eigenvalue weighted by Crippen LogP contribution is -2.08. The minimum absolute atomic E-state index is 0.0704. The molecular weight excluding hydrogens is 170 g/mol. The van der Waals surface area contributed by atoms with Crippen LogP contribution in [-0.4, -0.2) is 5.91 Å². The zero-order valence-electron chi connectivity index (χ0n) is 6.28. The smallest absolute Gasteiger partial charge is 0.248 e. The first-order chi connectivity index (χ1) is 5.86. The van der Waals surface area contributed by atoms with Gasteiger partial charge < -0.3 is 5.32 Å². The first-order valence-electron chi connectivity index (χ1n) is 3.59. The van der Waals surface area contributed by atoms with Crippen LogP contribution in [0.4, 0.5) is 5.69 Å². The van der Waals surface area contributed by atoms with Gasteiger partial charge in [0.15, 0.2) is 0 Å². The van der Waals surface area contributed by atoms with E-state index in [4.69, 9.17) is 0 Å². The van der Waals surface area contributed by atoms with Crippen LogP contribution in [0.25, 0.3) is 6.08 Å². The van der Waals surface area contributed by atoms with E-state index in [1.165, 1.54) is 6.08 Å². The number of carbonyl (C=O) groups excluding carboxylic acids is 1. The van der Waals surface area contributed by atoms with Crippen LogP contribution in [0.5, 0.6) is 0 Å². The molecular formula is C9H7NOS. The molecule has 0 radical (unpaired) electrons. The maximum absolute atomic E-state index is 11.1. The van der Waals surface area contributed by atoms with Gasteiger partial charge in [-0.3, -0.25) is 4.79 Å². The molecule has 0 spiro atoms. The number of thiophene rings is 1. The second kappa shape index (κ2) is 2.95. The summed E-state index contributed by atoms with van der Waals surface area (Å²) in [7, 11) is 0. The topological polar surface area (TPSA) is 29.1 Å². The van der Waals surface area contributed by atoms with Crippen molar-refractivity contribution in [1.29, 1.82) is 0 Å². The monoisotopic (exact) mass is 177 g/mol. The van der Waals surface area contributed by atoms with Crippen molar-refractivity contribution >= 4 is 29.0 Å². The lowest BCUT2D eigenvalue weighted by atomic mass is 10.3. The lowest BCUT2D eigenvalue weighted by molar-refractivity contribution is -0.111. The summed E-state index contributed by atoms with van der Waals surface area (Å²) in [6, 6.07) is 1.90. The zero-order chi connectivity index (χ0) is 8.39. The number of fused-ring (bicyclic) bond motifs is 1. The van der Waals surface area contributed by atoms with Crippen molar-refractivity contribution in [2.24, 2.45) is 0 Å². The Morgan fingerprint density at radius 3 is 3.00 bits per heavy atom. The standard InChI is InChI=1S/C9H7NOS/c11-9-4-2-1-3-8-7(10-9)5-6-12-8/h1-6H,(H,10,11). The Balaban J connectivity index is 2.45. The molecule has 2 rings (SSSR count).